The summed E-state index contributed by atoms with van der Waals surface area (Å²) in [7, 11) is 0. The molecule has 1 aliphatic heterocycles. The number of allylic oxidation sites excluding steroid dienone is 1. The molecule has 7 nitrogen and oxygen atoms in total. The van der Waals surface area contributed by atoms with Crippen molar-refractivity contribution in [2.45, 2.75) is 18.9 Å². The Morgan fingerprint density at radius 1 is 1.40 bits per heavy atom. The summed E-state index contributed by atoms with van der Waals surface area (Å²) in [6.45, 7) is 0.830. The number of aromatic amines is 1. The Morgan fingerprint density at radius 3 is 3.10 bits per heavy atom. The van der Waals surface area contributed by atoms with Gasteiger partial charge < -0.3 is 9.32 Å². The fraction of sp³-hybridized carbons (Fsp3) is 0.385. The van der Waals surface area contributed by atoms with Crippen molar-refractivity contribution < 1.29 is 9.21 Å². The first-order valence-electron chi connectivity index (χ1n) is 6.61. The van der Waals surface area contributed by atoms with Crippen LogP contribution in [0.3, 0.4) is 0 Å². The standard InChI is InChI=1S/C13H13N5O2/c19-13(18-6-8-3-1-2-4-10(8)18)9-5-11(20-7-9)12-14-16-17-15-12/h1-2,5,7-8,10H,3-4,6H2,(H,14,15,16,17)/t8-,10-/m0/s1. The number of nitrogens with zero attached hydrogens (tertiary/aromatic N) is 4. The van der Waals surface area contributed by atoms with Crippen molar-refractivity contribution in [2.24, 2.45) is 5.92 Å². The Hall–Kier alpha value is -2.44. The highest BCUT2D eigenvalue weighted by atomic mass is 16.3. The third kappa shape index (κ3) is 1.66. The molecule has 0 radical (unpaired) electrons. The van der Waals surface area contributed by atoms with E-state index in [1.165, 1.54) is 6.26 Å². The molecule has 0 unspecified atom stereocenters. The van der Waals surface area contributed by atoms with Crippen molar-refractivity contribution >= 4 is 5.91 Å². The van der Waals surface area contributed by atoms with Gasteiger partial charge in [0.25, 0.3) is 5.91 Å². The monoisotopic (exact) mass is 271 g/mol. The predicted molar refractivity (Wildman–Crippen MR) is 68.6 cm³/mol. The number of furan rings is 1. The van der Waals surface area contributed by atoms with Gasteiger partial charge in [-0.25, -0.2) is 0 Å². The molecule has 0 spiro atoms. The second-order valence-corrected chi connectivity index (χ2v) is 5.16. The van der Waals surface area contributed by atoms with Crippen molar-refractivity contribution in [3.8, 4) is 11.6 Å². The van der Waals surface area contributed by atoms with Crippen LogP contribution in [0.5, 0.6) is 0 Å². The second kappa shape index (κ2) is 4.29. The first kappa shape index (κ1) is 11.4. The maximum Gasteiger partial charge on any atom is 0.257 e. The van der Waals surface area contributed by atoms with Crippen molar-refractivity contribution in [3.05, 3.63) is 30.0 Å². The summed E-state index contributed by atoms with van der Waals surface area (Å²) in [6.07, 6.45) is 7.84. The van der Waals surface area contributed by atoms with E-state index in [0.717, 1.165) is 19.4 Å². The fourth-order valence-corrected chi connectivity index (χ4v) is 2.92. The maximum atomic E-state index is 12.4. The van der Waals surface area contributed by atoms with Gasteiger partial charge in [0.05, 0.1) is 5.56 Å². The van der Waals surface area contributed by atoms with Crippen LogP contribution in [0, 0.1) is 5.92 Å². The summed E-state index contributed by atoms with van der Waals surface area (Å²) in [5, 5.41) is 13.5. The number of fused-ring (bicyclic) bond motifs is 1. The molecule has 2 atom stereocenters. The number of likely N-dealkylation sites (tertiary alicyclic amines) is 1. The first-order valence-corrected chi connectivity index (χ1v) is 6.61. The Labute approximate surface area is 114 Å². The molecule has 1 N–H and O–H groups in total. The molecule has 1 aliphatic carbocycles. The van der Waals surface area contributed by atoms with Gasteiger partial charge >= 0.3 is 0 Å². The van der Waals surface area contributed by atoms with Crippen LogP contribution in [-0.4, -0.2) is 44.0 Å². The van der Waals surface area contributed by atoms with Gasteiger partial charge in [-0.1, -0.05) is 12.2 Å². The van der Waals surface area contributed by atoms with Crippen LogP contribution in [0.25, 0.3) is 11.6 Å². The zero-order chi connectivity index (χ0) is 13.5. The third-order valence-electron chi connectivity index (χ3n) is 4.03. The van der Waals surface area contributed by atoms with Crippen molar-refractivity contribution in [3.63, 3.8) is 0 Å². The van der Waals surface area contributed by atoms with Gasteiger partial charge in [0.1, 0.15) is 6.26 Å². The first-order chi connectivity index (χ1) is 9.83. The molecule has 1 saturated heterocycles. The number of tetrazole rings is 1. The third-order valence-corrected chi connectivity index (χ3v) is 4.03. The van der Waals surface area contributed by atoms with Crippen molar-refractivity contribution in [2.75, 3.05) is 6.54 Å². The van der Waals surface area contributed by atoms with Crippen molar-refractivity contribution in [1.29, 1.82) is 0 Å². The van der Waals surface area contributed by atoms with E-state index in [2.05, 4.69) is 32.8 Å². The van der Waals surface area contributed by atoms with Gasteiger partial charge in [-0.05, 0) is 18.1 Å². The summed E-state index contributed by atoms with van der Waals surface area (Å²) < 4.78 is 5.34. The molecular formula is C13H13N5O2. The molecule has 7 heteroatoms. The van der Waals surface area contributed by atoms with Gasteiger partial charge in [0, 0.05) is 24.6 Å². The molecule has 2 aromatic heterocycles. The lowest BCUT2D eigenvalue weighted by Crippen LogP contribution is -2.58. The minimum Gasteiger partial charge on any atom is -0.460 e. The molecule has 0 saturated carbocycles. The van der Waals surface area contributed by atoms with Gasteiger partial charge in [-0.15, -0.1) is 10.2 Å². The Morgan fingerprint density at radius 2 is 2.30 bits per heavy atom. The van der Waals surface area contributed by atoms with Crippen molar-refractivity contribution in [1.82, 2.24) is 25.5 Å². The van der Waals surface area contributed by atoms with Gasteiger partial charge in [0.15, 0.2) is 5.76 Å². The van der Waals surface area contributed by atoms with E-state index in [1.54, 1.807) is 6.07 Å². The summed E-state index contributed by atoms with van der Waals surface area (Å²) >= 11 is 0. The quantitative estimate of drug-likeness (QED) is 0.830. The number of amides is 1. The van der Waals surface area contributed by atoms with Crippen LogP contribution < -0.4 is 0 Å². The van der Waals surface area contributed by atoms with E-state index in [4.69, 9.17) is 4.42 Å². The van der Waals surface area contributed by atoms with E-state index in [9.17, 15) is 4.79 Å². The van der Waals surface area contributed by atoms with E-state index >= 15 is 0 Å². The highest BCUT2D eigenvalue weighted by molar-refractivity contribution is 5.95. The molecule has 0 bridgehead atoms. The molecular weight excluding hydrogens is 258 g/mol. The summed E-state index contributed by atoms with van der Waals surface area (Å²) in [4.78, 5) is 14.4. The van der Waals surface area contributed by atoms with E-state index in [-0.39, 0.29) is 5.91 Å². The SMILES string of the molecule is O=C(c1coc(-c2nn[nH]n2)c1)N1C[C@@H]2CC=CC[C@@H]21. The van der Waals surface area contributed by atoms with E-state index in [0.29, 0.717) is 29.1 Å². The van der Waals surface area contributed by atoms with Gasteiger partial charge in [-0.3, -0.25) is 4.79 Å². The summed E-state index contributed by atoms with van der Waals surface area (Å²) in [5.74, 6) is 1.43. The number of aromatic nitrogens is 4. The molecule has 3 heterocycles. The smallest absolute Gasteiger partial charge is 0.257 e. The largest absolute Gasteiger partial charge is 0.460 e. The van der Waals surface area contributed by atoms with Crippen LogP contribution in [0.15, 0.2) is 28.9 Å². The average molecular weight is 271 g/mol. The zero-order valence-electron chi connectivity index (χ0n) is 10.7. The molecule has 2 aromatic rings. The molecule has 20 heavy (non-hydrogen) atoms. The normalized spacial score (nSPS) is 24.3. The molecule has 4 rings (SSSR count). The minimum atomic E-state index is 0.0139. The van der Waals surface area contributed by atoms with Gasteiger partial charge in [-0.2, -0.15) is 5.21 Å². The van der Waals surface area contributed by atoms with E-state index < -0.39 is 0 Å². The highest BCUT2D eigenvalue weighted by Gasteiger charge is 2.42. The second-order valence-electron chi connectivity index (χ2n) is 5.16. The number of carbonyl (C=O) groups excluding carboxylic acids is 1. The molecule has 102 valence electrons. The summed E-state index contributed by atoms with van der Waals surface area (Å²) in [5.41, 5.74) is 0.540. The molecule has 2 aliphatic rings. The Kier molecular flexibility index (Phi) is 2.45. The molecule has 1 amide bonds. The van der Waals surface area contributed by atoms with Crippen LogP contribution in [0.4, 0.5) is 0 Å². The maximum absolute atomic E-state index is 12.4. The number of carbonyl (C=O) groups is 1. The number of rotatable bonds is 2. The van der Waals surface area contributed by atoms with Crippen LogP contribution >= 0.6 is 0 Å². The Bertz CT molecular complexity index is 660. The van der Waals surface area contributed by atoms with Crippen LogP contribution in [0.1, 0.15) is 23.2 Å². The number of hydrogen-bond donors (Lipinski definition) is 1. The number of hydrogen-bond acceptors (Lipinski definition) is 5. The number of H-pyrrole nitrogens is 1. The fourth-order valence-electron chi connectivity index (χ4n) is 2.92. The predicted octanol–water partition coefficient (Wildman–Crippen LogP) is 1.25. The molecule has 0 aromatic carbocycles. The number of nitrogens with one attached hydrogen (secondary N) is 1. The van der Waals surface area contributed by atoms with Crippen LogP contribution in [0.2, 0.25) is 0 Å². The van der Waals surface area contributed by atoms with Crippen LogP contribution in [-0.2, 0) is 0 Å². The topological polar surface area (TPSA) is 87.9 Å². The minimum absolute atomic E-state index is 0.0139. The lowest BCUT2D eigenvalue weighted by molar-refractivity contribution is 0.0143. The Balaban J connectivity index is 1.53. The highest BCUT2D eigenvalue weighted by Crippen LogP contribution is 2.35. The average Bonchev–Trinajstić information content (AvgIpc) is 3.10. The molecule has 1 fully saturated rings. The lowest BCUT2D eigenvalue weighted by Gasteiger charge is -2.49. The van der Waals surface area contributed by atoms with E-state index in [1.807, 2.05) is 4.90 Å². The lowest BCUT2D eigenvalue weighted by atomic mass is 9.80. The zero-order valence-corrected chi connectivity index (χ0v) is 10.7. The summed E-state index contributed by atoms with van der Waals surface area (Å²) in [6, 6.07) is 2.01. The van der Waals surface area contributed by atoms with Gasteiger partial charge in [0.2, 0.25) is 5.82 Å².